The van der Waals surface area contributed by atoms with E-state index in [0.717, 1.165) is 16.2 Å². The highest BCUT2D eigenvalue weighted by Gasteiger charge is 2.14. The third kappa shape index (κ3) is 4.69. The monoisotopic (exact) mass is 408 g/mol. The molecule has 0 nitrogen and oxygen atoms in total. The van der Waals surface area contributed by atoms with Crippen molar-refractivity contribution in [1.82, 2.24) is 0 Å². The molecule has 0 radical (unpaired) electrons. The second-order valence-corrected chi connectivity index (χ2v) is 8.12. The Hall–Kier alpha value is -0.600. The number of hydrogen-bond acceptors (Lipinski definition) is 0. The molecule has 0 N–H and O–H groups in total. The van der Waals surface area contributed by atoms with Crippen LogP contribution in [0.25, 0.3) is 0 Å². The maximum absolute atomic E-state index is 3.66. The summed E-state index contributed by atoms with van der Waals surface area (Å²) in [4.78, 5) is 0. The summed E-state index contributed by atoms with van der Waals surface area (Å²) in [5.74, 6) is 0.513. The Bertz CT molecular complexity index is 562. The average Bonchev–Trinajstić information content (AvgIpc) is 2.45. The van der Waals surface area contributed by atoms with Gasteiger partial charge in [0.1, 0.15) is 0 Å². The summed E-state index contributed by atoms with van der Waals surface area (Å²) in [5, 5.41) is 0.982. The molecular weight excluding hydrogens is 388 g/mol. The van der Waals surface area contributed by atoms with E-state index in [0.29, 0.717) is 5.92 Å². The SMILES string of the molecule is CC(C)(C)c1ccc(CC(CBr)c2ccc(Br)cc2)cc1. The number of halogens is 2. The highest BCUT2D eigenvalue weighted by atomic mass is 79.9. The van der Waals surface area contributed by atoms with E-state index in [1.807, 2.05) is 0 Å². The first-order valence-corrected chi connectivity index (χ1v) is 9.22. The molecule has 0 amide bonds. The Balaban J connectivity index is 2.13. The first kappa shape index (κ1) is 16.8. The summed E-state index contributed by atoms with van der Waals surface area (Å²) in [5.41, 5.74) is 4.40. The van der Waals surface area contributed by atoms with Gasteiger partial charge in [-0.1, -0.05) is 89.0 Å². The molecule has 0 fully saturated rings. The van der Waals surface area contributed by atoms with Crippen LogP contribution in [0.1, 0.15) is 43.4 Å². The van der Waals surface area contributed by atoms with Gasteiger partial charge in [-0.05, 0) is 46.6 Å². The summed E-state index contributed by atoms with van der Waals surface area (Å²) >= 11 is 7.16. The summed E-state index contributed by atoms with van der Waals surface area (Å²) < 4.78 is 1.13. The van der Waals surface area contributed by atoms with Crippen molar-refractivity contribution in [3.8, 4) is 0 Å². The van der Waals surface area contributed by atoms with E-state index in [2.05, 4.69) is 101 Å². The first-order chi connectivity index (χ1) is 9.90. The molecule has 0 aliphatic rings. The molecule has 21 heavy (non-hydrogen) atoms. The fraction of sp³-hybridized carbons (Fsp3) is 0.368. The highest BCUT2D eigenvalue weighted by Crippen LogP contribution is 2.27. The highest BCUT2D eigenvalue weighted by molar-refractivity contribution is 9.10. The van der Waals surface area contributed by atoms with Gasteiger partial charge >= 0.3 is 0 Å². The van der Waals surface area contributed by atoms with Crippen LogP contribution in [0.15, 0.2) is 53.0 Å². The van der Waals surface area contributed by atoms with Crippen LogP contribution in [-0.4, -0.2) is 5.33 Å². The molecule has 2 aromatic carbocycles. The Morgan fingerprint density at radius 3 is 1.95 bits per heavy atom. The number of alkyl halides is 1. The lowest BCUT2D eigenvalue weighted by molar-refractivity contribution is 0.590. The standard InChI is InChI=1S/C19H22Br2/c1-19(2,3)17-8-4-14(5-9-17)12-16(13-20)15-6-10-18(21)11-7-15/h4-11,16H,12-13H2,1-3H3. The minimum Gasteiger partial charge on any atom is -0.0921 e. The quantitative estimate of drug-likeness (QED) is 0.507. The summed E-state index contributed by atoms with van der Waals surface area (Å²) in [7, 11) is 0. The molecule has 0 saturated heterocycles. The van der Waals surface area contributed by atoms with Crippen molar-refractivity contribution >= 4 is 31.9 Å². The lowest BCUT2D eigenvalue weighted by atomic mass is 9.85. The lowest BCUT2D eigenvalue weighted by Gasteiger charge is -2.20. The number of hydrogen-bond donors (Lipinski definition) is 0. The van der Waals surface area contributed by atoms with E-state index in [1.165, 1.54) is 16.7 Å². The molecule has 1 atom stereocenters. The van der Waals surface area contributed by atoms with Gasteiger partial charge in [-0.15, -0.1) is 0 Å². The second-order valence-electron chi connectivity index (χ2n) is 6.55. The predicted molar refractivity (Wildman–Crippen MR) is 99.5 cm³/mol. The van der Waals surface area contributed by atoms with Gasteiger partial charge in [0.15, 0.2) is 0 Å². The molecule has 0 aliphatic heterocycles. The van der Waals surface area contributed by atoms with Crippen LogP contribution >= 0.6 is 31.9 Å². The second kappa shape index (κ2) is 7.11. The van der Waals surface area contributed by atoms with Crippen LogP contribution in [0, 0.1) is 0 Å². The van der Waals surface area contributed by atoms with Crippen molar-refractivity contribution in [3.63, 3.8) is 0 Å². The minimum absolute atomic E-state index is 0.221. The molecule has 0 heterocycles. The molecule has 0 saturated carbocycles. The Morgan fingerprint density at radius 1 is 0.905 bits per heavy atom. The molecule has 2 aromatic rings. The smallest absolute Gasteiger partial charge is 0.0175 e. The molecule has 1 unspecified atom stereocenters. The van der Waals surface area contributed by atoms with Crippen molar-refractivity contribution in [2.75, 3.05) is 5.33 Å². The van der Waals surface area contributed by atoms with E-state index in [1.54, 1.807) is 0 Å². The third-order valence-corrected chi connectivity index (χ3v) is 5.14. The van der Waals surface area contributed by atoms with E-state index >= 15 is 0 Å². The van der Waals surface area contributed by atoms with Crippen molar-refractivity contribution < 1.29 is 0 Å². The van der Waals surface area contributed by atoms with Gasteiger partial charge in [0.2, 0.25) is 0 Å². The zero-order chi connectivity index (χ0) is 15.5. The van der Waals surface area contributed by atoms with Crippen molar-refractivity contribution in [2.45, 2.75) is 38.5 Å². The van der Waals surface area contributed by atoms with Crippen LogP contribution in [0.3, 0.4) is 0 Å². The van der Waals surface area contributed by atoms with Crippen LogP contribution in [0.4, 0.5) is 0 Å². The van der Waals surface area contributed by atoms with Crippen LogP contribution in [0.2, 0.25) is 0 Å². The molecule has 0 aromatic heterocycles. The average molecular weight is 410 g/mol. The number of benzene rings is 2. The maximum atomic E-state index is 3.66. The van der Waals surface area contributed by atoms with Gasteiger partial charge in [-0.25, -0.2) is 0 Å². The Morgan fingerprint density at radius 2 is 1.48 bits per heavy atom. The van der Waals surface area contributed by atoms with Gasteiger partial charge in [0, 0.05) is 9.80 Å². The predicted octanol–water partition coefficient (Wildman–Crippen LogP) is 6.47. The van der Waals surface area contributed by atoms with E-state index < -0.39 is 0 Å². The molecule has 0 aliphatic carbocycles. The van der Waals surface area contributed by atoms with Gasteiger partial charge in [-0.2, -0.15) is 0 Å². The van der Waals surface area contributed by atoms with Gasteiger partial charge in [0.25, 0.3) is 0 Å². The van der Waals surface area contributed by atoms with Crippen molar-refractivity contribution in [1.29, 1.82) is 0 Å². The van der Waals surface area contributed by atoms with Crippen LogP contribution in [0.5, 0.6) is 0 Å². The minimum atomic E-state index is 0.221. The van der Waals surface area contributed by atoms with Crippen LogP contribution < -0.4 is 0 Å². The summed E-state index contributed by atoms with van der Waals surface area (Å²) in [6.07, 6.45) is 1.07. The summed E-state index contributed by atoms with van der Waals surface area (Å²) in [6.45, 7) is 6.77. The topological polar surface area (TPSA) is 0 Å². The molecule has 112 valence electrons. The normalized spacial score (nSPS) is 13.2. The first-order valence-electron chi connectivity index (χ1n) is 7.31. The zero-order valence-corrected chi connectivity index (χ0v) is 16.0. The Labute approximate surface area is 145 Å². The molecule has 2 rings (SSSR count). The zero-order valence-electron chi connectivity index (χ0n) is 12.9. The van der Waals surface area contributed by atoms with Crippen LogP contribution in [-0.2, 0) is 11.8 Å². The fourth-order valence-electron chi connectivity index (χ4n) is 2.42. The van der Waals surface area contributed by atoms with Gasteiger partial charge < -0.3 is 0 Å². The molecule has 0 spiro atoms. The Kier molecular flexibility index (Phi) is 5.67. The van der Waals surface area contributed by atoms with E-state index in [9.17, 15) is 0 Å². The molecular formula is C19H22Br2. The fourth-order valence-corrected chi connectivity index (χ4v) is 3.29. The van der Waals surface area contributed by atoms with Gasteiger partial charge in [0.05, 0.1) is 0 Å². The molecule has 2 heteroatoms. The van der Waals surface area contributed by atoms with Gasteiger partial charge in [-0.3, -0.25) is 0 Å². The largest absolute Gasteiger partial charge is 0.0921 e. The van der Waals surface area contributed by atoms with E-state index in [4.69, 9.17) is 0 Å². The lowest BCUT2D eigenvalue weighted by Crippen LogP contribution is -2.11. The molecule has 0 bridgehead atoms. The third-order valence-electron chi connectivity index (χ3n) is 3.83. The van der Waals surface area contributed by atoms with Crippen molar-refractivity contribution in [3.05, 3.63) is 69.7 Å². The van der Waals surface area contributed by atoms with Crippen molar-refractivity contribution in [2.24, 2.45) is 0 Å². The number of rotatable bonds is 4. The van der Waals surface area contributed by atoms with E-state index in [-0.39, 0.29) is 5.41 Å². The summed E-state index contributed by atoms with van der Waals surface area (Å²) in [6, 6.07) is 17.7. The maximum Gasteiger partial charge on any atom is 0.0175 e.